The quantitative estimate of drug-likeness (QED) is 0.770. The number of rotatable bonds is 4. The molecule has 2 N–H and O–H groups in total. The van der Waals surface area contributed by atoms with Crippen molar-refractivity contribution in [1.29, 1.82) is 0 Å². The third-order valence-electron chi connectivity index (χ3n) is 3.18. The summed E-state index contributed by atoms with van der Waals surface area (Å²) in [6.45, 7) is 0.912. The van der Waals surface area contributed by atoms with Crippen LogP contribution in [0.3, 0.4) is 0 Å². The van der Waals surface area contributed by atoms with E-state index in [9.17, 15) is 9.90 Å². The molecule has 0 spiro atoms. The number of hydrogen-bond acceptors (Lipinski definition) is 4. The normalized spacial score (nSPS) is 24.5. The summed E-state index contributed by atoms with van der Waals surface area (Å²) < 4.78 is 1.50. The first-order valence-corrected chi connectivity index (χ1v) is 6.03. The Balaban J connectivity index is 1.66. The molecule has 6 nitrogen and oxygen atoms in total. The first-order valence-electron chi connectivity index (χ1n) is 6.03. The van der Waals surface area contributed by atoms with Crippen LogP contribution in [0, 0.1) is 5.92 Å². The summed E-state index contributed by atoms with van der Waals surface area (Å²) in [5.74, 6) is 0.458. The first-order chi connectivity index (χ1) is 8.24. The Bertz CT molecular complexity index is 344. The fraction of sp³-hybridized carbons (Fsp3) is 0.727. The number of carbonyl (C=O) groups excluding carboxylic acids is 1. The van der Waals surface area contributed by atoms with E-state index in [1.165, 1.54) is 4.68 Å². The third kappa shape index (κ3) is 3.81. The van der Waals surface area contributed by atoms with Crippen LogP contribution in [0.4, 0.5) is 0 Å². The van der Waals surface area contributed by atoms with Gasteiger partial charge >= 0.3 is 0 Å². The number of nitrogens with one attached hydrogen (secondary N) is 1. The van der Waals surface area contributed by atoms with Crippen LogP contribution in [-0.4, -0.2) is 38.7 Å². The Morgan fingerprint density at radius 2 is 2.18 bits per heavy atom. The van der Waals surface area contributed by atoms with Crippen LogP contribution in [0.15, 0.2) is 12.4 Å². The minimum Gasteiger partial charge on any atom is -0.393 e. The van der Waals surface area contributed by atoms with Gasteiger partial charge in [0.15, 0.2) is 0 Å². The van der Waals surface area contributed by atoms with Gasteiger partial charge in [0.25, 0.3) is 0 Å². The average Bonchev–Trinajstić information content (AvgIpc) is 2.81. The lowest BCUT2D eigenvalue weighted by atomic mass is 9.87. The lowest BCUT2D eigenvalue weighted by Gasteiger charge is -2.25. The van der Waals surface area contributed by atoms with Crippen molar-refractivity contribution >= 4 is 5.91 Å². The number of aliphatic hydroxyl groups excluding tert-OH is 1. The van der Waals surface area contributed by atoms with Crippen LogP contribution in [0.2, 0.25) is 0 Å². The third-order valence-corrected chi connectivity index (χ3v) is 3.18. The van der Waals surface area contributed by atoms with Crippen molar-refractivity contribution in [3.8, 4) is 0 Å². The van der Waals surface area contributed by atoms with E-state index in [2.05, 4.69) is 15.6 Å². The second-order valence-electron chi connectivity index (χ2n) is 4.58. The highest BCUT2D eigenvalue weighted by Crippen LogP contribution is 2.23. The molecule has 0 radical (unpaired) electrons. The number of amides is 1. The van der Waals surface area contributed by atoms with Crippen molar-refractivity contribution in [3.05, 3.63) is 12.4 Å². The van der Waals surface area contributed by atoms with Crippen molar-refractivity contribution in [2.45, 2.75) is 38.3 Å². The molecular weight excluding hydrogens is 220 g/mol. The van der Waals surface area contributed by atoms with Crippen LogP contribution in [-0.2, 0) is 11.3 Å². The molecule has 0 saturated heterocycles. The Morgan fingerprint density at radius 3 is 2.82 bits per heavy atom. The molecule has 1 aromatic rings. The summed E-state index contributed by atoms with van der Waals surface area (Å²) in [6.07, 6.45) is 6.76. The van der Waals surface area contributed by atoms with Crippen molar-refractivity contribution in [2.75, 3.05) is 6.54 Å². The fourth-order valence-electron chi connectivity index (χ4n) is 2.13. The van der Waals surface area contributed by atoms with Crippen molar-refractivity contribution in [2.24, 2.45) is 5.92 Å². The summed E-state index contributed by atoms with van der Waals surface area (Å²) in [7, 11) is 0. The molecule has 1 fully saturated rings. The monoisotopic (exact) mass is 238 g/mol. The molecule has 0 aliphatic heterocycles. The summed E-state index contributed by atoms with van der Waals surface area (Å²) in [6, 6.07) is 0. The van der Waals surface area contributed by atoms with Gasteiger partial charge in [0.1, 0.15) is 6.54 Å². The van der Waals surface area contributed by atoms with Gasteiger partial charge in [0, 0.05) is 12.7 Å². The Morgan fingerprint density at radius 1 is 1.41 bits per heavy atom. The lowest BCUT2D eigenvalue weighted by molar-refractivity contribution is -0.122. The number of aromatic nitrogens is 3. The van der Waals surface area contributed by atoms with Gasteiger partial charge in [-0.1, -0.05) is 5.21 Å². The Hall–Kier alpha value is -1.43. The Labute approximate surface area is 100 Å². The molecule has 1 amide bonds. The van der Waals surface area contributed by atoms with Crippen LogP contribution in [0.1, 0.15) is 25.7 Å². The smallest absolute Gasteiger partial charge is 0.241 e. The standard InChI is InChI=1S/C11H18N4O2/c16-10-3-1-9(2-4-10)7-12-11(17)8-15-6-5-13-14-15/h5-6,9-10,16H,1-4,7-8H2,(H,12,17). The predicted molar refractivity (Wildman–Crippen MR) is 61.0 cm³/mol. The molecule has 2 rings (SSSR count). The molecular formula is C11H18N4O2. The molecule has 0 unspecified atom stereocenters. The van der Waals surface area contributed by atoms with Crippen molar-refractivity contribution in [1.82, 2.24) is 20.3 Å². The largest absolute Gasteiger partial charge is 0.393 e. The highest BCUT2D eigenvalue weighted by Gasteiger charge is 2.19. The molecule has 0 aromatic carbocycles. The molecule has 1 aromatic heterocycles. The van der Waals surface area contributed by atoms with Gasteiger partial charge in [-0.2, -0.15) is 0 Å². The molecule has 0 bridgehead atoms. The summed E-state index contributed by atoms with van der Waals surface area (Å²) in [5.41, 5.74) is 0. The molecule has 1 aliphatic carbocycles. The van der Waals surface area contributed by atoms with E-state index in [4.69, 9.17) is 0 Å². The summed E-state index contributed by atoms with van der Waals surface area (Å²) >= 11 is 0. The van der Waals surface area contributed by atoms with Crippen LogP contribution in [0.25, 0.3) is 0 Å². The van der Waals surface area contributed by atoms with Gasteiger partial charge in [0.2, 0.25) is 5.91 Å². The molecule has 1 saturated carbocycles. The minimum absolute atomic E-state index is 0.0402. The second kappa shape index (κ2) is 5.77. The average molecular weight is 238 g/mol. The van der Waals surface area contributed by atoms with Crippen LogP contribution in [0.5, 0.6) is 0 Å². The highest BCUT2D eigenvalue weighted by molar-refractivity contribution is 5.75. The fourth-order valence-corrected chi connectivity index (χ4v) is 2.13. The SMILES string of the molecule is O=C(Cn1ccnn1)NCC1CCC(O)CC1. The van der Waals surface area contributed by atoms with Gasteiger partial charge in [-0.3, -0.25) is 4.79 Å². The van der Waals surface area contributed by atoms with Crippen LogP contribution >= 0.6 is 0 Å². The highest BCUT2D eigenvalue weighted by atomic mass is 16.3. The number of carbonyl (C=O) groups is 1. The topological polar surface area (TPSA) is 80.0 Å². The summed E-state index contributed by atoms with van der Waals surface area (Å²) in [4.78, 5) is 11.6. The maximum Gasteiger partial charge on any atom is 0.241 e. The molecule has 0 atom stereocenters. The maximum absolute atomic E-state index is 11.6. The van der Waals surface area contributed by atoms with E-state index in [1.54, 1.807) is 12.4 Å². The number of hydrogen-bond donors (Lipinski definition) is 2. The van der Waals surface area contributed by atoms with Gasteiger partial charge in [0.05, 0.1) is 12.3 Å². The molecule has 1 heterocycles. The molecule has 94 valence electrons. The van der Waals surface area contributed by atoms with E-state index in [0.717, 1.165) is 25.7 Å². The van der Waals surface area contributed by atoms with E-state index in [0.29, 0.717) is 12.5 Å². The van der Waals surface area contributed by atoms with Gasteiger partial charge in [-0.25, -0.2) is 4.68 Å². The maximum atomic E-state index is 11.6. The zero-order valence-electron chi connectivity index (χ0n) is 9.75. The van der Waals surface area contributed by atoms with Crippen LogP contribution < -0.4 is 5.32 Å². The zero-order chi connectivity index (χ0) is 12.1. The predicted octanol–water partition coefficient (Wildman–Crippen LogP) is -0.0546. The van der Waals surface area contributed by atoms with Gasteiger partial charge in [-0.15, -0.1) is 5.10 Å². The molecule has 6 heteroatoms. The molecule has 17 heavy (non-hydrogen) atoms. The number of nitrogens with zero attached hydrogens (tertiary/aromatic N) is 3. The van der Waals surface area contributed by atoms with E-state index >= 15 is 0 Å². The van der Waals surface area contributed by atoms with Gasteiger partial charge < -0.3 is 10.4 Å². The lowest BCUT2D eigenvalue weighted by Crippen LogP contribution is -2.34. The molecule has 1 aliphatic rings. The zero-order valence-corrected chi connectivity index (χ0v) is 9.75. The Kier molecular flexibility index (Phi) is 4.08. The summed E-state index contributed by atoms with van der Waals surface area (Å²) in [5, 5.41) is 19.6. The first kappa shape index (κ1) is 12.0. The van der Waals surface area contributed by atoms with Crippen molar-refractivity contribution < 1.29 is 9.90 Å². The van der Waals surface area contributed by atoms with E-state index in [1.807, 2.05) is 0 Å². The minimum atomic E-state index is -0.142. The van der Waals surface area contributed by atoms with E-state index < -0.39 is 0 Å². The van der Waals surface area contributed by atoms with Crippen molar-refractivity contribution in [3.63, 3.8) is 0 Å². The van der Waals surface area contributed by atoms with E-state index in [-0.39, 0.29) is 18.6 Å². The van der Waals surface area contributed by atoms with Gasteiger partial charge in [-0.05, 0) is 31.6 Å². The second-order valence-corrected chi connectivity index (χ2v) is 4.58. The number of aliphatic hydroxyl groups is 1.